The maximum atomic E-state index is 9.10. The van der Waals surface area contributed by atoms with Gasteiger partial charge in [-0.25, -0.2) is 0 Å². The average Bonchev–Trinajstić information content (AvgIpc) is 2.89. The van der Waals surface area contributed by atoms with Gasteiger partial charge in [0.1, 0.15) is 17.5 Å². The van der Waals surface area contributed by atoms with E-state index < -0.39 is 0 Å². The van der Waals surface area contributed by atoms with Crippen molar-refractivity contribution < 1.29 is 0 Å². The third-order valence-electron chi connectivity index (χ3n) is 3.18. The van der Waals surface area contributed by atoms with Crippen LogP contribution in [0.4, 0.5) is 5.82 Å². The second-order valence-corrected chi connectivity index (χ2v) is 4.59. The van der Waals surface area contributed by atoms with Gasteiger partial charge in [-0.1, -0.05) is 0 Å². The highest BCUT2D eigenvalue weighted by atomic mass is 15.3. The number of nitrogens with zero attached hydrogens (tertiary/aromatic N) is 4. The van der Waals surface area contributed by atoms with Crippen molar-refractivity contribution in [3.05, 3.63) is 28.7 Å². The van der Waals surface area contributed by atoms with Crippen LogP contribution in [-0.2, 0) is 13.5 Å². The molecule has 2 heterocycles. The molecule has 0 aliphatic carbocycles. The van der Waals surface area contributed by atoms with Crippen molar-refractivity contribution in [2.75, 3.05) is 11.9 Å². The minimum absolute atomic E-state index is 0.627. The van der Waals surface area contributed by atoms with Crippen molar-refractivity contribution in [1.29, 1.82) is 5.26 Å². The van der Waals surface area contributed by atoms with Crippen LogP contribution >= 0.6 is 0 Å². The van der Waals surface area contributed by atoms with Gasteiger partial charge in [-0.2, -0.15) is 15.5 Å². The van der Waals surface area contributed by atoms with Crippen molar-refractivity contribution in [3.8, 4) is 6.07 Å². The van der Waals surface area contributed by atoms with Gasteiger partial charge in [0, 0.05) is 19.3 Å². The molecule has 0 atom stereocenters. The third-order valence-corrected chi connectivity index (χ3v) is 3.18. The summed E-state index contributed by atoms with van der Waals surface area (Å²) in [7, 11) is 1.84. The second kappa shape index (κ2) is 5.57. The van der Waals surface area contributed by atoms with Gasteiger partial charge >= 0.3 is 0 Å². The van der Waals surface area contributed by atoms with Crippen LogP contribution < -0.4 is 5.32 Å². The highest BCUT2D eigenvalue weighted by Gasteiger charge is 2.11. The summed E-state index contributed by atoms with van der Waals surface area (Å²) < 4.78 is 1.72. The van der Waals surface area contributed by atoms with Crippen LogP contribution in [0.3, 0.4) is 0 Å². The second-order valence-electron chi connectivity index (χ2n) is 4.59. The molecule has 0 bridgehead atoms. The summed E-state index contributed by atoms with van der Waals surface area (Å²) in [5.41, 5.74) is 3.75. The van der Waals surface area contributed by atoms with Crippen LogP contribution in [0, 0.1) is 25.2 Å². The first-order valence-corrected chi connectivity index (χ1v) is 6.30. The zero-order chi connectivity index (χ0) is 13.8. The van der Waals surface area contributed by atoms with Crippen LogP contribution in [-0.4, -0.2) is 26.5 Å². The molecule has 6 heteroatoms. The molecule has 0 radical (unpaired) electrons. The summed E-state index contributed by atoms with van der Waals surface area (Å²) in [6, 6.07) is 2.19. The fourth-order valence-corrected chi connectivity index (χ4v) is 2.11. The van der Waals surface area contributed by atoms with Crippen molar-refractivity contribution in [2.24, 2.45) is 7.05 Å². The number of aromatic nitrogens is 4. The Kier molecular flexibility index (Phi) is 3.85. The third kappa shape index (κ3) is 2.76. The molecule has 0 saturated heterocycles. The Bertz CT molecular complexity index is 601. The molecule has 0 amide bonds. The van der Waals surface area contributed by atoms with E-state index in [1.165, 1.54) is 5.56 Å². The van der Waals surface area contributed by atoms with Gasteiger partial charge < -0.3 is 5.32 Å². The first-order chi connectivity index (χ1) is 9.13. The van der Waals surface area contributed by atoms with E-state index in [0.29, 0.717) is 5.56 Å². The average molecular weight is 258 g/mol. The van der Waals surface area contributed by atoms with Crippen molar-refractivity contribution >= 4 is 5.82 Å². The predicted molar refractivity (Wildman–Crippen MR) is 72.8 cm³/mol. The molecule has 0 aromatic carbocycles. The lowest BCUT2D eigenvalue weighted by atomic mass is 10.1. The number of aromatic amines is 1. The SMILES string of the molecule is Cc1nn(C)c(NCCCc2cn[nH]c2C)c1C#N. The first kappa shape index (κ1) is 13.1. The Hall–Kier alpha value is -2.29. The molecule has 0 unspecified atom stereocenters. The summed E-state index contributed by atoms with van der Waals surface area (Å²) in [4.78, 5) is 0. The summed E-state index contributed by atoms with van der Waals surface area (Å²) in [6.45, 7) is 4.67. The molecule has 19 heavy (non-hydrogen) atoms. The van der Waals surface area contributed by atoms with Gasteiger partial charge in [-0.15, -0.1) is 0 Å². The summed E-state index contributed by atoms with van der Waals surface area (Å²) in [5.74, 6) is 0.795. The molecular formula is C13H18N6. The molecule has 2 aromatic rings. The van der Waals surface area contributed by atoms with E-state index in [2.05, 4.69) is 26.7 Å². The summed E-state index contributed by atoms with van der Waals surface area (Å²) in [5, 5.41) is 23.6. The summed E-state index contributed by atoms with van der Waals surface area (Å²) >= 11 is 0. The Morgan fingerprint density at radius 2 is 2.26 bits per heavy atom. The van der Waals surface area contributed by atoms with E-state index in [4.69, 9.17) is 5.26 Å². The lowest BCUT2D eigenvalue weighted by molar-refractivity contribution is 0.751. The number of hydrogen-bond donors (Lipinski definition) is 2. The smallest absolute Gasteiger partial charge is 0.142 e. The fraction of sp³-hybridized carbons (Fsp3) is 0.462. The molecule has 2 N–H and O–H groups in total. The number of anilines is 1. The predicted octanol–water partition coefficient (Wildman–Crippen LogP) is 1.68. The van der Waals surface area contributed by atoms with Gasteiger partial charge in [0.05, 0.1) is 11.9 Å². The molecule has 0 fully saturated rings. The number of nitriles is 1. The lowest BCUT2D eigenvalue weighted by Crippen LogP contribution is -2.08. The fourth-order valence-electron chi connectivity index (χ4n) is 2.11. The van der Waals surface area contributed by atoms with Crippen molar-refractivity contribution in [2.45, 2.75) is 26.7 Å². The number of nitrogens with one attached hydrogen (secondary N) is 2. The van der Waals surface area contributed by atoms with E-state index in [1.807, 2.05) is 27.1 Å². The number of aryl methyl sites for hydroxylation is 4. The van der Waals surface area contributed by atoms with E-state index in [1.54, 1.807) is 4.68 Å². The Labute approximate surface area is 112 Å². The molecule has 100 valence electrons. The standard InChI is InChI=1S/C13H18N6/c1-9-11(8-16-17-9)5-4-6-15-13-12(7-14)10(2)18-19(13)3/h8,15H,4-6H2,1-3H3,(H,16,17). The zero-order valence-electron chi connectivity index (χ0n) is 11.5. The Morgan fingerprint density at radius 3 is 2.89 bits per heavy atom. The van der Waals surface area contributed by atoms with E-state index in [-0.39, 0.29) is 0 Å². The summed E-state index contributed by atoms with van der Waals surface area (Å²) in [6.07, 6.45) is 3.81. The monoisotopic (exact) mass is 258 g/mol. The maximum Gasteiger partial charge on any atom is 0.142 e. The largest absolute Gasteiger partial charge is 0.369 e. The highest BCUT2D eigenvalue weighted by molar-refractivity contribution is 5.54. The van der Waals surface area contributed by atoms with Crippen LogP contribution in [0.1, 0.15) is 28.9 Å². The highest BCUT2D eigenvalue weighted by Crippen LogP contribution is 2.17. The molecule has 0 spiro atoms. The molecule has 2 rings (SSSR count). The first-order valence-electron chi connectivity index (χ1n) is 6.30. The van der Waals surface area contributed by atoms with Crippen LogP contribution in [0.2, 0.25) is 0 Å². The number of rotatable bonds is 5. The minimum atomic E-state index is 0.627. The molecule has 0 aliphatic rings. The molecular weight excluding hydrogens is 240 g/mol. The van der Waals surface area contributed by atoms with Gasteiger partial charge in [0.25, 0.3) is 0 Å². The normalized spacial score (nSPS) is 10.4. The van der Waals surface area contributed by atoms with Gasteiger partial charge in [-0.05, 0) is 32.3 Å². The Balaban J connectivity index is 1.90. The zero-order valence-corrected chi connectivity index (χ0v) is 11.5. The Morgan fingerprint density at radius 1 is 1.47 bits per heavy atom. The quantitative estimate of drug-likeness (QED) is 0.799. The van der Waals surface area contributed by atoms with Crippen molar-refractivity contribution in [3.63, 3.8) is 0 Å². The van der Waals surface area contributed by atoms with Crippen LogP contribution in [0.5, 0.6) is 0 Å². The number of hydrogen-bond acceptors (Lipinski definition) is 4. The van der Waals surface area contributed by atoms with Crippen LogP contribution in [0.25, 0.3) is 0 Å². The van der Waals surface area contributed by atoms with E-state index >= 15 is 0 Å². The molecule has 6 nitrogen and oxygen atoms in total. The van der Waals surface area contributed by atoms with Gasteiger partial charge in [0.2, 0.25) is 0 Å². The van der Waals surface area contributed by atoms with Gasteiger partial charge in [-0.3, -0.25) is 9.78 Å². The topological polar surface area (TPSA) is 82.3 Å². The molecule has 0 saturated carbocycles. The lowest BCUT2D eigenvalue weighted by Gasteiger charge is -2.06. The minimum Gasteiger partial charge on any atom is -0.369 e. The van der Waals surface area contributed by atoms with Gasteiger partial charge in [0.15, 0.2) is 0 Å². The maximum absolute atomic E-state index is 9.10. The molecule has 0 aliphatic heterocycles. The van der Waals surface area contributed by atoms with Crippen molar-refractivity contribution in [1.82, 2.24) is 20.0 Å². The van der Waals surface area contributed by atoms with Crippen LogP contribution in [0.15, 0.2) is 6.20 Å². The number of H-pyrrole nitrogens is 1. The van der Waals surface area contributed by atoms with E-state index in [0.717, 1.165) is 36.6 Å². The van der Waals surface area contributed by atoms with E-state index in [9.17, 15) is 0 Å². The molecule has 2 aromatic heterocycles.